The van der Waals surface area contributed by atoms with E-state index in [0.29, 0.717) is 42.8 Å². The van der Waals surface area contributed by atoms with Gasteiger partial charge in [0.15, 0.2) is 11.5 Å². The zero-order chi connectivity index (χ0) is 30.5. The molecule has 224 valence electrons. The fourth-order valence-corrected chi connectivity index (χ4v) is 5.27. The minimum absolute atomic E-state index is 0.00341. The Balaban J connectivity index is 1.46. The van der Waals surface area contributed by atoms with E-state index >= 15 is 0 Å². The lowest BCUT2D eigenvalue weighted by molar-refractivity contribution is 0.0924. The third-order valence-electron chi connectivity index (χ3n) is 7.45. The number of methoxy groups -OCH3 is 1. The number of aliphatic hydroxyl groups is 1. The Hall–Kier alpha value is -4.55. The van der Waals surface area contributed by atoms with Crippen molar-refractivity contribution in [2.24, 2.45) is 5.92 Å². The van der Waals surface area contributed by atoms with Crippen LogP contribution in [0.15, 0.2) is 60.9 Å². The summed E-state index contributed by atoms with van der Waals surface area (Å²) in [7, 11) is 1.28. The molecule has 2 bridgehead atoms. The van der Waals surface area contributed by atoms with Crippen molar-refractivity contribution in [1.82, 2.24) is 25.3 Å². The van der Waals surface area contributed by atoms with Crippen LogP contribution >= 0.6 is 11.6 Å². The number of rotatable bonds is 5. The first-order chi connectivity index (χ1) is 20.8. The minimum atomic E-state index is -0.854. The Labute approximate surface area is 252 Å². The van der Waals surface area contributed by atoms with Gasteiger partial charge in [-0.3, -0.25) is 15.1 Å². The maximum atomic E-state index is 14.5. The number of carbonyl (C=O) groups excluding carboxylic acids is 2. The predicted octanol–water partition coefficient (Wildman–Crippen LogP) is 5.71. The number of ether oxygens (including phenoxy) is 1. The largest absolute Gasteiger partial charge is 0.453 e. The molecule has 0 saturated carbocycles. The van der Waals surface area contributed by atoms with Gasteiger partial charge in [-0.1, -0.05) is 42.3 Å². The number of halogens is 2. The molecule has 0 saturated heterocycles. The van der Waals surface area contributed by atoms with Crippen molar-refractivity contribution < 1.29 is 23.8 Å². The van der Waals surface area contributed by atoms with Gasteiger partial charge in [-0.05, 0) is 61.2 Å². The molecule has 2 aromatic carbocycles. The minimum Gasteiger partial charge on any atom is -0.453 e. The fraction of sp³-hybridized carbons (Fsp3) is 0.300. The summed E-state index contributed by atoms with van der Waals surface area (Å²) >= 11 is 5.90. The molecule has 43 heavy (non-hydrogen) atoms. The van der Waals surface area contributed by atoms with Crippen molar-refractivity contribution in [1.29, 1.82) is 0 Å². The first kappa shape index (κ1) is 29.9. The average Bonchev–Trinajstić information content (AvgIpc) is 3.50. The van der Waals surface area contributed by atoms with Crippen molar-refractivity contribution in [2.75, 3.05) is 17.7 Å². The molecule has 2 aromatic heterocycles. The lowest BCUT2D eigenvalue weighted by Crippen LogP contribution is -2.31. The molecule has 4 aromatic rings. The molecule has 1 aliphatic heterocycles. The van der Waals surface area contributed by atoms with Crippen molar-refractivity contribution in [3.05, 3.63) is 83.2 Å². The number of pyridine rings is 1. The second-order valence-electron chi connectivity index (χ2n) is 10.2. The number of nitrogens with one attached hydrogen (secondary N) is 3. The van der Waals surface area contributed by atoms with Crippen LogP contribution in [0.2, 0.25) is 5.02 Å². The summed E-state index contributed by atoms with van der Waals surface area (Å²) in [4.78, 5) is 29.7. The van der Waals surface area contributed by atoms with Gasteiger partial charge in [-0.25, -0.2) is 13.9 Å². The highest BCUT2D eigenvalue weighted by Crippen LogP contribution is 2.35. The Morgan fingerprint density at radius 3 is 2.84 bits per heavy atom. The molecule has 2 unspecified atom stereocenters. The fourth-order valence-electron chi connectivity index (χ4n) is 5.10. The summed E-state index contributed by atoms with van der Waals surface area (Å²) in [5.41, 5.74) is 3.38. The zero-order valence-corrected chi connectivity index (χ0v) is 24.3. The number of aromatic nitrogens is 4. The molecular weight excluding hydrogens is 577 g/mol. The van der Waals surface area contributed by atoms with E-state index < -0.39 is 30.1 Å². The molecule has 0 spiro atoms. The second-order valence-corrected chi connectivity index (χ2v) is 10.6. The highest BCUT2D eigenvalue weighted by Gasteiger charge is 2.25. The maximum absolute atomic E-state index is 14.5. The van der Waals surface area contributed by atoms with Gasteiger partial charge in [0.1, 0.15) is 11.9 Å². The summed E-state index contributed by atoms with van der Waals surface area (Å²) < 4.78 is 20.4. The van der Waals surface area contributed by atoms with E-state index in [-0.39, 0.29) is 22.3 Å². The van der Waals surface area contributed by atoms with Crippen LogP contribution < -0.4 is 16.0 Å². The number of fused-ring (bicyclic) bond motifs is 4. The normalized spacial score (nSPS) is 18.3. The van der Waals surface area contributed by atoms with E-state index in [1.165, 1.54) is 25.4 Å². The summed E-state index contributed by atoms with van der Waals surface area (Å²) in [6, 6.07) is 13.0. The number of anilines is 2. The highest BCUT2D eigenvalue weighted by atomic mass is 35.5. The van der Waals surface area contributed by atoms with E-state index in [9.17, 15) is 19.1 Å². The molecule has 13 heteroatoms. The van der Waals surface area contributed by atoms with E-state index in [1.54, 1.807) is 24.4 Å². The van der Waals surface area contributed by atoms with Gasteiger partial charge >= 0.3 is 6.09 Å². The first-order valence-electron chi connectivity index (χ1n) is 13.8. The van der Waals surface area contributed by atoms with Gasteiger partial charge in [0.05, 0.1) is 30.1 Å². The van der Waals surface area contributed by atoms with E-state index in [4.69, 9.17) is 16.3 Å². The van der Waals surface area contributed by atoms with Gasteiger partial charge in [0, 0.05) is 29.1 Å². The molecule has 0 radical (unpaired) electrons. The summed E-state index contributed by atoms with van der Waals surface area (Å²) in [5.74, 6) is -1.25. The first-order valence-corrected chi connectivity index (χ1v) is 14.2. The SMILES string of the molecule is CCC1CCC[C@H](NC(=O)c2cn(-c3cccc(Cl)c3F)nn2)c2cc(ccn2)-c2ccc(NC(=O)OC)cc2NC1O. The number of carbonyl (C=O) groups is 2. The number of nitrogens with zero attached hydrogens (tertiary/aromatic N) is 4. The van der Waals surface area contributed by atoms with Crippen LogP contribution in [-0.2, 0) is 4.74 Å². The molecule has 0 fully saturated rings. The molecule has 3 heterocycles. The van der Waals surface area contributed by atoms with E-state index in [0.717, 1.165) is 15.8 Å². The predicted molar refractivity (Wildman–Crippen MR) is 159 cm³/mol. The molecule has 5 rings (SSSR count). The quantitative estimate of drug-likeness (QED) is 0.226. The number of aliphatic hydroxyl groups excluding tert-OH is 1. The molecule has 11 nitrogen and oxygen atoms in total. The van der Waals surface area contributed by atoms with Gasteiger partial charge < -0.3 is 20.5 Å². The monoisotopic (exact) mass is 607 g/mol. The number of benzene rings is 2. The third kappa shape index (κ3) is 6.76. The van der Waals surface area contributed by atoms with Gasteiger partial charge in [-0.15, -0.1) is 5.10 Å². The number of hydrogen-bond donors (Lipinski definition) is 4. The Kier molecular flexibility index (Phi) is 9.17. The maximum Gasteiger partial charge on any atom is 0.411 e. The van der Waals surface area contributed by atoms with Crippen LogP contribution in [0.5, 0.6) is 0 Å². The molecule has 0 aliphatic carbocycles. The molecule has 3 atom stereocenters. The average molecular weight is 608 g/mol. The van der Waals surface area contributed by atoms with Crippen LogP contribution in [-0.4, -0.2) is 50.4 Å². The molecule has 4 N–H and O–H groups in total. The van der Waals surface area contributed by atoms with Crippen molar-refractivity contribution in [3.8, 4) is 16.8 Å². The lowest BCUT2D eigenvalue weighted by atomic mass is 9.92. The van der Waals surface area contributed by atoms with Crippen LogP contribution in [0.3, 0.4) is 0 Å². The standard InChI is InChI=1S/C30H31ClFN7O4/c1-3-17-6-4-8-22(35-29(41)25-16-39(38-37-25)26-9-5-7-21(31)27(26)32)24-14-18(12-13-33-24)20-11-10-19(34-30(42)43-2)15-23(20)36-28(17)40/h5,7,9-17,22,28,36,40H,3-4,6,8H2,1-2H3,(H,34,42)(H,35,41)/t17?,22-,28?/m0/s1. The van der Waals surface area contributed by atoms with Crippen molar-refractivity contribution >= 4 is 35.0 Å². The Bertz CT molecular complexity index is 1630. The molecule has 2 amide bonds. The summed E-state index contributed by atoms with van der Waals surface area (Å²) in [6.07, 6.45) is 4.17. The topological polar surface area (TPSA) is 143 Å². The lowest BCUT2D eigenvalue weighted by Gasteiger charge is -2.27. The van der Waals surface area contributed by atoms with E-state index in [1.807, 2.05) is 25.1 Å². The smallest absolute Gasteiger partial charge is 0.411 e. The zero-order valence-electron chi connectivity index (χ0n) is 23.6. The van der Waals surface area contributed by atoms with Crippen LogP contribution in [0.1, 0.15) is 54.8 Å². The van der Waals surface area contributed by atoms with E-state index in [2.05, 4.69) is 31.2 Å². The Morgan fingerprint density at radius 2 is 2.05 bits per heavy atom. The van der Waals surface area contributed by atoms with Gasteiger partial charge in [0.25, 0.3) is 5.91 Å². The van der Waals surface area contributed by atoms with Crippen molar-refractivity contribution in [3.63, 3.8) is 0 Å². The van der Waals surface area contributed by atoms with Crippen LogP contribution in [0.4, 0.5) is 20.6 Å². The van der Waals surface area contributed by atoms with Gasteiger partial charge in [0.2, 0.25) is 0 Å². The molecule has 1 aliphatic rings. The number of hydrogen-bond acceptors (Lipinski definition) is 8. The van der Waals surface area contributed by atoms with Crippen LogP contribution in [0.25, 0.3) is 16.8 Å². The third-order valence-corrected chi connectivity index (χ3v) is 7.74. The summed E-state index contributed by atoms with van der Waals surface area (Å²) in [6.45, 7) is 2.01. The second kappa shape index (κ2) is 13.2. The Morgan fingerprint density at radius 1 is 1.21 bits per heavy atom. The van der Waals surface area contributed by atoms with Gasteiger partial charge in [-0.2, -0.15) is 0 Å². The van der Waals surface area contributed by atoms with Crippen molar-refractivity contribution in [2.45, 2.75) is 44.9 Å². The van der Waals surface area contributed by atoms with Crippen LogP contribution in [0, 0.1) is 11.7 Å². The molecular formula is C30H31ClFN7O4. The highest BCUT2D eigenvalue weighted by molar-refractivity contribution is 6.30. The summed E-state index contributed by atoms with van der Waals surface area (Å²) in [5, 5.41) is 27.8. The number of amides is 2.